The third kappa shape index (κ3) is 4.62. The van der Waals surface area contributed by atoms with Gasteiger partial charge in [0, 0.05) is 27.6 Å². The van der Waals surface area contributed by atoms with Gasteiger partial charge in [0.2, 0.25) is 0 Å². The van der Waals surface area contributed by atoms with Crippen LogP contribution < -0.4 is 5.32 Å². The Labute approximate surface area is 184 Å². The normalized spacial score (nSPS) is 18.3. The van der Waals surface area contributed by atoms with E-state index in [9.17, 15) is 22.8 Å². The Morgan fingerprint density at radius 3 is 2.39 bits per heavy atom. The van der Waals surface area contributed by atoms with Crippen LogP contribution in [0.3, 0.4) is 0 Å². The zero-order valence-corrected chi connectivity index (χ0v) is 17.4. The Balaban J connectivity index is 1.91. The zero-order chi connectivity index (χ0) is 23.0. The molecule has 0 bridgehead atoms. The first-order chi connectivity index (χ1) is 14.4. The fourth-order valence-corrected chi connectivity index (χ4v) is 3.72. The number of carbonyl (C=O) groups excluding carboxylic acids is 1. The molecule has 0 saturated carbocycles. The van der Waals surface area contributed by atoms with Crippen molar-refractivity contribution in [3.05, 3.63) is 68.7 Å². The lowest BCUT2D eigenvalue weighted by atomic mass is 9.86. The summed E-state index contributed by atoms with van der Waals surface area (Å²) in [6, 6.07) is 7.84. The third-order valence-electron chi connectivity index (χ3n) is 4.72. The highest BCUT2D eigenvalue weighted by Crippen LogP contribution is 2.49. The summed E-state index contributed by atoms with van der Waals surface area (Å²) in [7, 11) is 0. The van der Waals surface area contributed by atoms with E-state index in [-0.39, 0.29) is 26.9 Å². The van der Waals surface area contributed by atoms with Gasteiger partial charge in [-0.25, -0.2) is 0 Å². The smallest absolute Gasteiger partial charge is 0.435 e. The summed E-state index contributed by atoms with van der Waals surface area (Å²) in [6.07, 6.45) is -5.45. The van der Waals surface area contributed by atoms with E-state index in [0.29, 0.717) is 11.1 Å². The van der Waals surface area contributed by atoms with Gasteiger partial charge in [-0.1, -0.05) is 34.4 Å². The van der Waals surface area contributed by atoms with Crippen LogP contribution in [0.5, 0.6) is 0 Å². The average molecular weight is 475 g/mol. The number of nitrogens with zero attached hydrogens (tertiary/aromatic N) is 1. The highest BCUT2D eigenvalue weighted by Gasteiger charge is 2.62. The van der Waals surface area contributed by atoms with E-state index in [1.165, 1.54) is 24.3 Å². The molecule has 0 fully saturated rings. The molecular weight excluding hydrogens is 460 g/mol. The van der Waals surface area contributed by atoms with Crippen LogP contribution >= 0.6 is 23.2 Å². The van der Waals surface area contributed by atoms with Crippen molar-refractivity contribution in [2.45, 2.75) is 25.1 Å². The van der Waals surface area contributed by atoms with Crippen LogP contribution in [0, 0.1) is 6.92 Å². The summed E-state index contributed by atoms with van der Waals surface area (Å²) in [5.74, 6) is -1.82. The van der Waals surface area contributed by atoms with Crippen LogP contribution in [-0.4, -0.2) is 35.4 Å². The lowest BCUT2D eigenvalue weighted by molar-refractivity contribution is -0.275. The van der Waals surface area contributed by atoms with Crippen LogP contribution in [0.25, 0.3) is 0 Å². The number of nitrogens with one attached hydrogen (secondary N) is 1. The predicted octanol–water partition coefficient (Wildman–Crippen LogP) is 4.70. The monoisotopic (exact) mass is 474 g/mol. The average Bonchev–Trinajstić information content (AvgIpc) is 3.12. The number of oxime groups is 1. The highest BCUT2D eigenvalue weighted by molar-refractivity contribution is 6.34. The van der Waals surface area contributed by atoms with E-state index < -0.39 is 36.6 Å². The number of carboxylic acid groups (broad SMARTS) is 1. The molecule has 1 aliphatic rings. The maximum Gasteiger partial charge on any atom is 0.435 e. The molecule has 164 valence electrons. The molecule has 1 unspecified atom stereocenters. The maximum atomic E-state index is 14.1. The number of aryl methyl sites for hydroxylation is 1. The van der Waals surface area contributed by atoms with E-state index in [4.69, 9.17) is 33.1 Å². The van der Waals surface area contributed by atoms with Gasteiger partial charge in [0.05, 0.1) is 5.71 Å². The molecule has 2 aromatic carbocycles. The second kappa shape index (κ2) is 8.39. The summed E-state index contributed by atoms with van der Waals surface area (Å²) < 4.78 is 42.2. The van der Waals surface area contributed by atoms with Crippen molar-refractivity contribution < 1.29 is 32.7 Å². The van der Waals surface area contributed by atoms with Gasteiger partial charge in [0.25, 0.3) is 11.5 Å². The molecule has 0 saturated heterocycles. The Morgan fingerprint density at radius 1 is 1.19 bits per heavy atom. The first kappa shape index (κ1) is 22.9. The number of carboxylic acids is 1. The van der Waals surface area contributed by atoms with Gasteiger partial charge < -0.3 is 15.3 Å². The van der Waals surface area contributed by atoms with Crippen LogP contribution in [0.4, 0.5) is 13.2 Å². The summed E-state index contributed by atoms with van der Waals surface area (Å²) in [5.41, 5.74) is -2.08. The predicted molar refractivity (Wildman–Crippen MR) is 108 cm³/mol. The second-order valence-corrected chi connectivity index (χ2v) is 7.77. The van der Waals surface area contributed by atoms with Crippen LogP contribution in [0.2, 0.25) is 10.0 Å². The molecule has 0 radical (unpaired) electrons. The SMILES string of the molecule is Cc1cc(C2=NOC(c3cc(Cl)cc(Cl)c3)(C(F)(F)F)C2)ccc1C(=O)NCC(=O)O. The van der Waals surface area contributed by atoms with Crippen LogP contribution in [-0.2, 0) is 15.2 Å². The van der Waals surface area contributed by atoms with Gasteiger partial charge in [-0.3, -0.25) is 9.59 Å². The van der Waals surface area contributed by atoms with Crippen LogP contribution in [0.15, 0.2) is 41.6 Å². The number of rotatable bonds is 5. The molecule has 6 nitrogen and oxygen atoms in total. The molecule has 0 spiro atoms. The van der Waals surface area contributed by atoms with Crippen molar-refractivity contribution >= 4 is 40.8 Å². The lowest BCUT2D eigenvalue weighted by Gasteiger charge is -2.29. The Morgan fingerprint density at radius 2 is 1.84 bits per heavy atom. The van der Waals surface area contributed by atoms with Gasteiger partial charge in [-0.05, 0) is 48.4 Å². The number of carbonyl (C=O) groups is 2. The van der Waals surface area contributed by atoms with Crippen molar-refractivity contribution in [3.63, 3.8) is 0 Å². The van der Waals surface area contributed by atoms with Crippen molar-refractivity contribution in [2.75, 3.05) is 6.54 Å². The largest absolute Gasteiger partial charge is 0.480 e. The van der Waals surface area contributed by atoms with Gasteiger partial charge >= 0.3 is 12.1 Å². The standard InChI is InChI=1S/C20H15Cl2F3N2O4/c1-10-4-11(2-3-15(10)18(30)26-9-17(28)29)16-8-19(31-27-16,20(23,24)25)12-5-13(21)7-14(22)6-12/h2-7H,8-9H2,1H3,(H,26,30)(H,28,29). The Hall–Kier alpha value is -2.78. The fourth-order valence-electron chi connectivity index (χ4n) is 3.19. The molecule has 1 atom stereocenters. The minimum atomic E-state index is -4.82. The number of benzene rings is 2. The minimum absolute atomic E-state index is 0.0222. The summed E-state index contributed by atoms with van der Waals surface area (Å²) in [6.45, 7) is 1.01. The van der Waals surface area contributed by atoms with Gasteiger partial charge in [-0.2, -0.15) is 13.2 Å². The molecule has 3 rings (SSSR count). The molecule has 1 aliphatic heterocycles. The van der Waals surface area contributed by atoms with Crippen molar-refractivity contribution in [1.29, 1.82) is 0 Å². The molecule has 11 heteroatoms. The number of alkyl halides is 3. The molecule has 1 heterocycles. The highest BCUT2D eigenvalue weighted by atomic mass is 35.5. The molecule has 2 N–H and O–H groups in total. The molecule has 0 aromatic heterocycles. The third-order valence-corrected chi connectivity index (χ3v) is 5.16. The topological polar surface area (TPSA) is 88.0 Å². The van der Waals surface area contributed by atoms with Gasteiger partial charge in [0.1, 0.15) is 6.54 Å². The first-order valence-electron chi connectivity index (χ1n) is 8.82. The van der Waals surface area contributed by atoms with Gasteiger partial charge in [0.15, 0.2) is 0 Å². The lowest BCUT2D eigenvalue weighted by Crippen LogP contribution is -2.42. The van der Waals surface area contributed by atoms with Crippen molar-refractivity contribution in [1.82, 2.24) is 5.32 Å². The minimum Gasteiger partial charge on any atom is -0.480 e. The van der Waals surface area contributed by atoms with Crippen molar-refractivity contribution in [2.24, 2.45) is 5.16 Å². The van der Waals surface area contributed by atoms with E-state index in [1.54, 1.807) is 6.92 Å². The number of halogens is 5. The second-order valence-electron chi connectivity index (χ2n) is 6.90. The molecule has 0 aliphatic carbocycles. The summed E-state index contributed by atoms with van der Waals surface area (Å²) in [4.78, 5) is 27.6. The summed E-state index contributed by atoms with van der Waals surface area (Å²) in [5, 5.41) is 14.6. The quantitative estimate of drug-likeness (QED) is 0.657. The fraction of sp³-hybridized carbons (Fsp3) is 0.250. The number of aliphatic carboxylic acids is 1. The Kier molecular flexibility index (Phi) is 6.20. The number of amides is 1. The Bertz CT molecular complexity index is 1070. The van der Waals surface area contributed by atoms with E-state index >= 15 is 0 Å². The van der Waals surface area contributed by atoms with Crippen LogP contribution in [0.1, 0.15) is 33.5 Å². The molecule has 1 amide bonds. The molecule has 31 heavy (non-hydrogen) atoms. The number of hydrogen-bond donors (Lipinski definition) is 2. The number of hydrogen-bond acceptors (Lipinski definition) is 4. The zero-order valence-electron chi connectivity index (χ0n) is 15.9. The van der Waals surface area contributed by atoms with E-state index in [1.807, 2.05) is 0 Å². The first-order valence-corrected chi connectivity index (χ1v) is 9.58. The summed E-state index contributed by atoms with van der Waals surface area (Å²) >= 11 is 11.8. The maximum absolute atomic E-state index is 14.1. The molecular formula is C20H15Cl2F3N2O4. The van der Waals surface area contributed by atoms with Crippen molar-refractivity contribution in [3.8, 4) is 0 Å². The van der Waals surface area contributed by atoms with Gasteiger partial charge in [-0.15, -0.1) is 0 Å². The molecule has 2 aromatic rings. The van der Waals surface area contributed by atoms with E-state index in [2.05, 4.69) is 10.5 Å². The van der Waals surface area contributed by atoms with E-state index in [0.717, 1.165) is 12.1 Å².